The molecule has 15 nitrogen and oxygen atoms in total. The lowest BCUT2D eigenvalue weighted by atomic mass is 9.93. The highest BCUT2D eigenvalue weighted by atomic mass is 35.5. The first-order valence-electron chi connectivity index (χ1n) is 20.7. The van der Waals surface area contributed by atoms with Crippen LogP contribution in [0.25, 0.3) is 11.1 Å². The van der Waals surface area contributed by atoms with Crippen molar-refractivity contribution >= 4 is 79.1 Å². The van der Waals surface area contributed by atoms with E-state index in [1.807, 2.05) is 36.4 Å². The van der Waals surface area contributed by atoms with Crippen LogP contribution in [0.5, 0.6) is 11.5 Å². The second-order valence-corrected chi connectivity index (χ2v) is 19.6. The SMILES string of the molecule is COC(=O)[C@H](Cc1ccc(-c2ccc(C#N)cc2)cc1)NC(=O)[C@@H]1Cc2cc3c(cc2CN1S(=O)(=O)c1sc(NC(C)=O)nc1C)OC(c1ccc(NC(=O)c2ccc(Cl)c(Cl)c2)cc1)CO3. The van der Waals surface area contributed by atoms with Crippen LogP contribution in [0.15, 0.2) is 107 Å². The van der Waals surface area contributed by atoms with Gasteiger partial charge in [0.05, 0.1) is 34.5 Å². The van der Waals surface area contributed by atoms with Gasteiger partial charge < -0.3 is 30.2 Å². The molecule has 0 spiro atoms. The molecule has 0 radical (unpaired) electrons. The molecule has 0 saturated heterocycles. The number of carbonyl (C=O) groups is 4. The molecule has 8 rings (SSSR count). The molecule has 3 amide bonds. The van der Waals surface area contributed by atoms with E-state index in [2.05, 4.69) is 27.0 Å². The highest BCUT2D eigenvalue weighted by Gasteiger charge is 2.43. The summed E-state index contributed by atoms with van der Waals surface area (Å²) < 4.78 is 48.1. The van der Waals surface area contributed by atoms with Crippen molar-refractivity contribution in [1.82, 2.24) is 14.6 Å². The minimum atomic E-state index is -4.48. The number of hydrogen-bond donors (Lipinski definition) is 3. The molecule has 0 bridgehead atoms. The van der Waals surface area contributed by atoms with Crippen LogP contribution >= 0.6 is 34.5 Å². The van der Waals surface area contributed by atoms with E-state index in [9.17, 15) is 27.6 Å². The van der Waals surface area contributed by atoms with Gasteiger partial charge in [0.2, 0.25) is 11.8 Å². The monoisotopic (exact) mass is 978 g/mol. The van der Waals surface area contributed by atoms with E-state index in [1.165, 1.54) is 27.0 Å². The molecule has 0 saturated carbocycles. The minimum Gasteiger partial charge on any atom is -0.485 e. The molecule has 19 heteroatoms. The van der Waals surface area contributed by atoms with Crippen molar-refractivity contribution < 1.29 is 41.8 Å². The number of amides is 3. The number of benzene rings is 5. The number of thiazole rings is 1. The van der Waals surface area contributed by atoms with Crippen molar-refractivity contribution in [3.8, 4) is 28.7 Å². The van der Waals surface area contributed by atoms with Crippen LogP contribution in [-0.2, 0) is 48.5 Å². The number of esters is 1. The van der Waals surface area contributed by atoms with E-state index in [1.54, 1.807) is 60.7 Å². The Bertz CT molecular complexity index is 3070. The number of hydrogen-bond acceptors (Lipinski definition) is 12. The molecule has 5 aromatic carbocycles. The van der Waals surface area contributed by atoms with Crippen LogP contribution in [0.4, 0.5) is 10.8 Å². The molecule has 3 atom stereocenters. The van der Waals surface area contributed by atoms with Crippen molar-refractivity contribution in [2.75, 3.05) is 24.4 Å². The maximum Gasteiger partial charge on any atom is 0.328 e. The Labute approximate surface area is 399 Å². The molecule has 2 aliphatic heterocycles. The lowest BCUT2D eigenvalue weighted by molar-refractivity contribution is -0.145. The second kappa shape index (κ2) is 19.6. The molecule has 6 aromatic rings. The van der Waals surface area contributed by atoms with Crippen molar-refractivity contribution in [3.63, 3.8) is 0 Å². The predicted octanol–water partition coefficient (Wildman–Crippen LogP) is 8.04. The standard InChI is InChI=1S/C48H40Cl2N6O9S2/c1-26-47(66-48(52-26)53-27(2)57)67(61,62)56-24-35-22-42-41(64-25-43(65-42)32-12-15-36(16-13-32)54-44(58)33-14-17-37(49)38(50)19-33)21-34(35)20-40(56)45(59)55-39(46(60)63-3)18-28-4-8-30(9-5-28)31-10-6-29(23-51)7-11-31/h4-17,19,21-22,39-40,43H,18,20,24-25H2,1-3H3,(H,54,58)(H,55,59)(H,52,53,57)/t39-,40-,43?/m0/s1. The van der Waals surface area contributed by atoms with Gasteiger partial charge in [-0.05, 0) is 101 Å². The van der Waals surface area contributed by atoms with E-state index < -0.39 is 46.0 Å². The third-order valence-corrected chi connectivity index (χ3v) is 15.4. The number of anilines is 2. The molecule has 3 N–H and O–H groups in total. The number of nitrogens with zero attached hydrogens (tertiary/aromatic N) is 3. The Morgan fingerprint density at radius 2 is 1.60 bits per heavy atom. The fourth-order valence-corrected chi connectivity index (χ4v) is 11.2. The average molecular weight is 980 g/mol. The van der Waals surface area contributed by atoms with Gasteiger partial charge >= 0.3 is 5.97 Å². The van der Waals surface area contributed by atoms with Gasteiger partial charge in [-0.2, -0.15) is 9.57 Å². The van der Waals surface area contributed by atoms with Crippen molar-refractivity contribution in [2.45, 2.75) is 55.6 Å². The van der Waals surface area contributed by atoms with Crippen LogP contribution in [0.1, 0.15) is 56.9 Å². The number of methoxy groups -OCH3 is 1. The zero-order valence-electron chi connectivity index (χ0n) is 36.0. The summed E-state index contributed by atoms with van der Waals surface area (Å²) in [5.41, 5.74) is 5.90. The number of ether oxygens (including phenoxy) is 3. The summed E-state index contributed by atoms with van der Waals surface area (Å²) in [6.07, 6.45) is -0.632. The van der Waals surface area contributed by atoms with E-state index in [0.29, 0.717) is 50.0 Å². The number of nitrogens with one attached hydrogen (secondary N) is 3. The first-order valence-corrected chi connectivity index (χ1v) is 23.7. The first-order chi connectivity index (χ1) is 32.1. The zero-order valence-corrected chi connectivity index (χ0v) is 39.1. The number of fused-ring (bicyclic) bond motifs is 2. The fraction of sp³-hybridized carbons (Fsp3) is 0.208. The van der Waals surface area contributed by atoms with Gasteiger partial charge in [0.15, 0.2) is 26.9 Å². The number of rotatable bonds is 12. The Hall–Kier alpha value is -6.81. The van der Waals surface area contributed by atoms with E-state index >= 15 is 0 Å². The molecule has 67 heavy (non-hydrogen) atoms. The summed E-state index contributed by atoms with van der Waals surface area (Å²) in [5, 5.41) is 18.0. The van der Waals surface area contributed by atoms with E-state index in [4.69, 9.17) is 42.7 Å². The van der Waals surface area contributed by atoms with Crippen molar-refractivity contribution in [1.29, 1.82) is 5.26 Å². The van der Waals surface area contributed by atoms with Crippen LogP contribution in [0, 0.1) is 18.3 Å². The summed E-state index contributed by atoms with van der Waals surface area (Å²) in [7, 11) is -3.28. The van der Waals surface area contributed by atoms with Gasteiger partial charge in [-0.25, -0.2) is 18.2 Å². The Balaban J connectivity index is 1.04. The molecular formula is C48H40Cl2N6O9S2. The number of carbonyl (C=O) groups excluding carboxylic acids is 4. The smallest absolute Gasteiger partial charge is 0.328 e. The molecular weight excluding hydrogens is 940 g/mol. The number of aryl methyl sites for hydroxylation is 1. The van der Waals surface area contributed by atoms with E-state index in [0.717, 1.165) is 32.3 Å². The average Bonchev–Trinajstić information content (AvgIpc) is 3.70. The fourth-order valence-electron chi connectivity index (χ4n) is 7.73. The molecule has 3 heterocycles. The normalized spacial score (nSPS) is 15.9. The highest BCUT2D eigenvalue weighted by Crippen LogP contribution is 2.42. The quantitative estimate of drug-likeness (QED) is 0.100. The van der Waals surface area contributed by atoms with Gasteiger partial charge in [0.1, 0.15) is 18.7 Å². The van der Waals surface area contributed by atoms with Gasteiger partial charge in [-0.15, -0.1) is 0 Å². The molecule has 1 aromatic heterocycles. The van der Waals surface area contributed by atoms with Gasteiger partial charge in [0.25, 0.3) is 15.9 Å². The van der Waals surface area contributed by atoms with Crippen molar-refractivity contribution in [2.24, 2.45) is 0 Å². The van der Waals surface area contributed by atoms with Gasteiger partial charge in [-0.1, -0.05) is 83.1 Å². The lowest BCUT2D eigenvalue weighted by Crippen LogP contribution is -2.56. The zero-order chi connectivity index (χ0) is 47.6. The molecule has 1 unspecified atom stereocenters. The maximum absolute atomic E-state index is 14.7. The summed E-state index contributed by atoms with van der Waals surface area (Å²) in [4.78, 5) is 56.8. The topological polar surface area (TPSA) is 206 Å². The van der Waals surface area contributed by atoms with Gasteiger partial charge in [-0.3, -0.25) is 14.4 Å². The molecule has 342 valence electrons. The second-order valence-electron chi connectivity index (χ2n) is 15.7. The summed E-state index contributed by atoms with van der Waals surface area (Å²) >= 11 is 12.9. The Morgan fingerprint density at radius 3 is 2.25 bits per heavy atom. The number of sulfonamides is 1. The maximum atomic E-state index is 14.7. The van der Waals surface area contributed by atoms with Gasteiger partial charge in [0, 0.05) is 31.1 Å². The van der Waals surface area contributed by atoms with Crippen LogP contribution in [0.3, 0.4) is 0 Å². The lowest BCUT2D eigenvalue weighted by Gasteiger charge is -2.36. The largest absolute Gasteiger partial charge is 0.485 e. The first kappa shape index (κ1) is 46.7. The molecule has 0 fully saturated rings. The highest BCUT2D eigenvalue weighted by molar-refractivity contribution is 7.91. The summed E-state index contributed by atoms with van der Waals surface area (Å²) in [5.74, 6) is -1.54. The predicted molar refractivity (Wildman–Crippen MR) is 252 cm³/mol. The molecule has 2 aliphatic rings. The van der Waals surface area contributed by atoms with Crippen molar-refractivity contribution in [3.05, 3.63) is 152 Å². The Morgan fingerprint density at radius 1 is 0.910 bits per heavy atom. The third-order valence-electron chi connectivity index (χ3n) is 11.2. The summed E-state index contributed by atoms with van der Waals surface area (Å²) in [6, 6.07) is 29.1. The summed E-state index contributed by atoms with van der Waals surface area (Å²) in [6.45, 7) is 2.64. The van der Waals surface area contributed by atoms with Crippen LogP contribution in [0.2, 0.25) is 10.0 Å². The number of aromatic nitrogens is 1. The van der Waals surface area contributed by atoms with E-state index in [-0.39, 0.29) is 52.0 Å². The number of nitriles is 1. The minimum absolute atomic E-state index is 0.0338. The third kappa shape index (κ3) is 10.3. The number of halogens is 2. The van der Waals surface area contributed by atoms with Crippen LogP contribution < -0.4 is 25.4 Å². The van der Waals surface area contributed by atoms with Crippen LogP contribution in [-0.4, -0.2) is 67.2 Å². The molecule has 0 aliphatic carbocycles. The Kier molecular flexibility index (Phi) is 13.6.